The molecule has 1 aromatic rings. The third-order valence-electron chi connectivity index (χ3n) is 6.32. The monoisotopic (exact) mass is 395 g/mol. The fourth-order valence-electron chi connectivity index (χ4n) is 4.94. The molecule has 2 heterocycles. The Balaban J connectivity index is 0.000000449. The van der Waals surface area contributed by atoms with Crippen molar-refractivity contribution in [3.8, 4) is 0 Å². The summed E-state index contributed by atoms with van der Waals surface area (Å²) in [4.78, 5) is 0. The predicted octanol–water partition coefficient (Wildman–Crippen LogP) is 4.69. The van der Waals surface area contributed by atoms with Crippen LogP contribution in [0.4, 0.5) is 0 Å². The maximum absolute atomic E-state index is 4.90. The van der Waals surface area contributed by atoms with Crippen molar-refractivity contribution in [3.05, 3.63) is 53.1 Å². The van der Waals surface area contributed by atoms with Gasteiger partial charge in [-0.2, -0.15) is 0 Å². The van der Waals surface area contributed by atoms with Crippen LogP contribution in [0.25, 0.3) is 5.57 Å². The maximum Gasteiger partial charge on any atom is 0.199 e. The molecule has 1 saturated carbocycles. The standard InChI is InChI=1S/C21H28BN.C2H8N2.C2H6/c1-15(2)19-10-6-9-17-12-21-22(14-20(17)19)13-18(23-21)11-16-7-4-3-5-8-16;3-1-2-4;1-2/h6,9-10,13,16,21,23H,1,3-5,7-8,11-12,14H2,2H3;1-4H2;1-2H3. The predicted molar refractivity (Wildman–Crippen MR) is 130 cm³/mol. The Morgan fingerprint density at radius 2 is 1.83 bits per heavy atom. The van der Waals surface area contributed by atoms with Crippen molar-refractivity contribution >= 4 is 12.3 Å². The van der Waals surface area contributed by atoms with Crippen LogP contribution >= 0.6 is 0 Å². The molecule has 0 spiro atoms. The van der Waals surface area contributed by atoms with E-state index in [-0.39, 0.29) is 0 Å². The van der Waals surface area contributed by atoms with Gasteiger partial charge in [0.1, 0.15) is 0 Å². The first-order valence-electron chi connectivity index (χ1n) is 11.8. The highest BCUT2D eigenvalue weighted by Gasteiger charge is 2.36. The number of hydrogen-bond acceptors (Lipinski definition) is 3. The molecule has 1 unspecified atom stereocenters. The van der Waals surface area contributed by atoms with Gasteiger partial charge in [0.05, 0.1) is 0 Å². The van der Waals surface area contributed by atoms with Crippen molar-refractivity contribution in [1.29, 1.82) is 0 Å². The molecule has 1 fully saturated rings. The highest BCUT2D eigenvalue weighted by molar-refractivity contribution is 6.67. The molecule has 0 amide bonds. The SMILES string of the molecule is C=C(C)c1cccc2c1CB1C=C(CC3CCCCC3)NC1C2.CC.NCCN. The summed E-state index contributed by atoms with van der Waals surface area (Å²) in [7, 11) is 0. The van der Waals surface area contributed by atoms with Crippen LogP contribution in [0.5, 0.6) is 0 Å². The Morgan fingerprint density at radius 3 is 2.45 bits per heavy atom. The summed E-state index contributed by atoms with van der Waals surface area (Å²) >= 11 is 0. The lowest BCUT2D eigenvalue weighted by Gasteiger charge is -2.28. The summed E-state index contributed by atoms with van der Waals surface area (Å²) < 4.78 is 0. The number of benzene rings is 1. The van der Waals surface area contributed by atoms with Crippen LogP contribution in [0, 0.1) is 5.92 Å². The Hall–Kier alpha value is -1.52. The number of hydrogen-bond donors (Lipinski definition) is 3. The van der Waals surface area contributed by atoms with Crippen LogP contribution in [0.3, 0.4) is 0 Å². The second-order valence-electron chi connectivity index (χ2n) is 8.52. The van der Waals surface area contributed by atoms with Crippen molar-refractivity contribution in [1.82, 2.24) is 5.32 Å². The summed E-state index contributed by atoms with van der Waals surface area (Å²) in [6, 6.07) is 6.77. The van der Waals surface area contributed by atoms with Crippen LogP contribution in [0.15, 0.2) is 36.5 Å². The van der Waals surface area contributed by atoms with Gasteiger partial charge in [-0.25, -0.2) is 0 Å². The van der Waals surface area contributed by atoms with Crippen LogP contribution in [-0.2, 0) is 12.7 Å². The van der Waals surface area contributed by atoms with Gasteiger partial charge in [-0.1, -0.05) is 82.3 Å². The lowest BCUT2D eigenvalue weighted by Crippen LogP contribution is -2.42. The Bertz CT molecular complexity index is 675. The van der Waals surface area contributed by atoms with Gasteiger partial charge in [0.15, 0.2) is 6.71 Å². The molecule has 0 bridgehead atoms. The smallest absolute Gasteiger partial charge is 0.199 e. The topological polar surface area (TPSA) is 64.1 Å². The van der Waals surface area contributed by atoms with Crippen molar-refractivity contribution in [2.75, 3.05) is 13.1 Å². The minimum Gasteiger partial charge on any atom is -0.393 e. The normalized spacial score (nSPS) is 20.1. The van der Waals surface area contributed by atoms with Crippen molar-refractivity contribution in [3.63, 3.8) is 0 Å². The lowest BCUT2D eigenvalue weighted by atomic mass is 9.39. The molecule has 1 aromatic carbocycles. The van der Waals surface area contributed by atoms with Crippen LogP contribution in [-0.4, -0.2) is 25.7 Å². The molecule has 4 rings (SSSR count). The average Bonchev–Trinajstić information content (AvgIpc) is 3.14. The number of fused-ring (bicyclic) bond motifs is 2. The highest BCUT2D eigenvalue weighted by atomic mass is 14.9. The molecule has 3 nitrogen and oxygen atoms in total. The van der Waals surface area contributed by atoms with E-state index in [0.29, 0.717) is 25.7 Å². The fraction of sp³-hybridized carbons (Fsp3) is 0.600. The minimum absolute atomic E-state index is 0.597. The van der Waals surface area contributed by atoms with Crippen LogP contribution in [0.2, 0.25) is 0 Å². The van der Waals surface area contributed by atoms with E-state index in [4.69, 9.17) is 11.5 Å². The molecule has 29 heavy (non-hydrogen) atoms. The molecule has 4 heteroatoms. The van der Waals surface area contributed by atoms with Gasteiger partial charge in [0, 0.05) is 19.0 Å². The first-order chi connectivity index (χ1) is 14.1. The molecule has 0 saturated heterocycles. The number of nitrogens with two attached hydrogens (primary N) is 2. The van der Waals surface area contributed by atoms with Crippen molar-refractivity contribution in [2.24, 2.45) is 17.4 Å². The first-order valence-corrected chi connectivity index (χ1v) is 11.8. The zero-order valence-electron chi connectivity index (χ0n) is 19.0. The summed E-state index contributed by atoms with van der Waals surface area (Å²) in [5.41, 5.74) is 17.0. The van der Waals surface area contributed by atoms with Crippen LogP contribution < -0.4 is 16.8 Å². The summed E-state index contributed by atoms with van der Waals surface area (Å²) in [5.74, 6) is 4.12. The molecule has 1 aliphatic carbocycles. The third kappa shape index (κ3) is 6.48. The Kier molecular flexibility index (Phi) is 10.0. The van der Waals surface area contributed by atoms with E-state index in [1.54, 1.807) is 5.56 Å². The molecule has 0 aromatic heterocycles. The summed E-state index contributed by atoms with van der Waals surface area (Å²) in [6.45, 7) is 12.2. The van der Waals surface area contributed by atoms with E-state index >= 15 is 0 Å². The molecule has 2 aliphatic heterocycles. The van der Waals surface area contributed by atoms with Gasteiger partial charge in [-0.05, 0) is 54.4 Å². The van der Waals surface area contributed by atoms with Gasteiger partial charge in [-0.15, -0.1) is 0 Å². The molecular weight excluding hydrogens is 353 g/mol. The van der Waals surface area contributed by atoms with Crippen molar-refractivity contribution < 1.29 is 0 Å². The Morgan fingerprint density at radius 1 is 1.14 bits per heavy atom. The van der Waals surface area contributed by atoms with E-state index in [1.807, 2.05) is 13.8 Å². The van der Waals surface area contributed by atoms with Gasteiger partial charge in [-0.3, -0.25) is 0 Å². The highest BCUT2D eigenvalue weighted by Crippen LogP contribution is 2.34. The fourth-order valence-corrected chi connectivity index (χ4v) is 4.94. The van der Waals surface area contributed by atoms with E-state index < -0.39 is 0 Å². The number of allylic oxidation sites excluding steroid dienone is 2. The number of rotatable bonds is 4. The van der Waals surface area contributed by atoms with Crippen LogP contribution in [0.1, 0.15) is 76.0 Å². The van der Waals surface area contributed by atoms with Gasteiger partial charge in [0.25, 0.3) is 0 Å². The number of nitrogens with one attached hydrogen (secondary N) is 1. The second-order valence-corrected chi connectivity index (χ2v) is 8.52. The molecular formula is C25H42BN3. The largest absolute Gasteiger partial charge is 0.393 e. The van der Waals surface area contributed by atoms with Gasteiger partial charge < -0.3 is 16.8 Å². The summed E-state index contributed by atoms with van der Waals surface area (Å²) in [5, 5.41) is 3.87. The van der Waals surface area contributed by atoms with E-state index in [1.165, 1.54) is 73.7 Å². The molecule has 0 radical (unpaired) electrons. The van der Waals surface area contributed by atoms with Gasteiger partial charge >= 0.3 is 0 Å². The van der Waals surface area contributed by atoms with E-state index in [0.717, 1.165) is 5.92 Å². The van der Waals surface area contributed by atoms with Crippen molar-refractivity contribution in [2.45, 2.75) is 78.0 Å². The molecule has 160 valence electrons. The second kappa shape index (κ2) is 12.2. The quantitative estimate of drug-likeness (QED) is 0.648. The molecule has 5 N–H and O–H groups in total. The minimum atomic E-state index is 0.597. The maximum atomic E-state index is 4.90. The zero-order valence-corrected chi connectivity index (χ0v) is 19.0. The molecule has 1 atom stereocenters. The third-order valence-corrected chi connectivity index (χ3v) is 6.32. The first kappa shape index (κ1) is 23.8. The lowest BCUT2D eigenvalue weighted by molar-refractivity contribution is 0.351. The van der Waals surface area contributed by atoms with E-state index in [2.05, 4.69) is 43.0 Å². The van der Waals surface area contributed by atoms with E-state index in [9.17, 15) is 0 Å². The summed E-state index contributed by atoms with van der Waals surface area (Å²) in [6.07, 6.45) is 10.9. The zero-order chi connectivity index (χ0) is 21.2. The Labute approximate surface area is 179 Å². The average molecular weight is 395 g/mol. The molecule has 3 aliphatic rings. The van der Waals surface area contributed by atoms with Gasteiger partial charge in [0.2, 0.25) is 0 Å².